The minimum atomic E-state index is 0.238. The highest BCUT2D eigenvalue weighted by molar-refractivity contribution is 5.75. The summed E-state index contributed by atoms with van der Waals surface area (Å²) < 4.78 is 0. The van der Waals surface area contributed by atoms with Gasteiger partial charge in [0.2, 0.25) is 0 Å². The van der Waals surface area contributed by atoms with Gasteiger partial charge in [-0.05, 0) is 96.3 Å². The van der Waals surface area contributed by atoms with Gasteiger partial charge in [0.25, 0.3) is 0 Å². The zero-order valence-corrected chi connectivity index (χ0v) is 19.8. The molecule has 0 radical (unpaired) electrons. The number of hydrogen-bond acceptors (Lipinski definition) is 2. The summed E-state index contributed by atoms with van der Waals surface area (Å²) in [5, 5.41) is 8.15. The molecule has 0 aromatic heterocycles. The molecule has 0 saturated heterocycles. The van der Waals surface area contributed by atoms with Crippen LogP contribution in [0.3, 0.4) is 0 Å². The SMILES string of the molecule is Cc1c2c(cc3c1C(C)(C)C1CC(C)CCC1N3)C(C)(C)C1CCC(C)CC1N2. The van der Waals surface area contributed by atoms with Crippen LogP contribution in [-0.4, -0.2) is 12.1 Å². The lowest BCUT2D eigenvalue weighted by Crippen LogP contribution is -2.51. The van der Waals surface area contributed by atoms with Crippen LogP contribution < -0.4 is 10.6 Å². The van der Waals surface area contributed by atoms with Gasteiger partial charge < -0.3 is 10.6 Å². The van der Waals surface area contributed by atoms with Gasteiger partial charge in [-0.3, -0.25) is 0 Å². The molecule has 0 bridgehead atoms. The normalized spacial score (nSPS) is 39.1. The topological polar surface area (TPSA) is 24.1 Å². The Bertz CT molecular complexity index is 820. The number of rotatable bonds is 0. The summed E-state index contributed by atoms with van der Waals surface area (Å²) in [7, 11) is 0. The van der Waals surface area contributed by atoms with Crippen LogP contribution >= 0.6 is 0 Å². The maximum Gasteiger partial charge on any atom is 0.0414 e. The predicted molar refractivity (Wildman–Crippen MR) is 125 cm³/mol. The number of anilines is 2. The standard InChI is InChI=1S/C27H42N2/c1-15-9-11-21-19(12-15)27(6,7)24-17(3)25-20(14-23(24)28-21)26(4,5)18-10-8-16(2)13-22(18)29-25/h14-16,18-19,21-22,28-29H,8-13H2,1-7H3. The fourth-order valence-electron chi connectivity index (χ4n) is 7.98. The van der Waals surface area contributed by atoms with Crippen molar-refractivity contribution in [2.75, 3.05) is 10.6 Å². The van der Waals surface area contributed by atoms with Crippen LogP contribution in [0.1, 0.15) is 96.8 Å². The smallest absolute Gasteiger partial charge is 0.0414 e. The van der Waals surface area contributed by atoms with E-state index >= 15 is 0 Å². The van der Waals surface area contributed by atoms with Crippen molar-refractivity contribution in [3.63, 3.8) is 0 Å². The first-order valence-electron chi connectivity index (χ1n) is 12.3. The molecule has 2 heteroatoms. The highest BCUT2D eigenvalue weighted by atomic mass is 15.0. The fourth-order valence-corrected chi connectivity index (χ4v) is 7.98. The van der Waals surface area contributed by atoms with E-state index in [1.807, 2.05) is 0 Å². The Hall–Kier alpha value is -1.18. The quantitative estimate of drug-likeness (QED) is 0.494. The average Bonchev–Trinajstić information content (AvgIpc) is 2.63. The Labute approximate surface area is 178 Å². The van der Waals surface area contributed by atoms with Gasteiger partial charge in [-0.2, -0.15) is 0 Å². The minimum absolute atomic E-state index is 0.238. The molecule has 1 aromatic carbocycles. The van der Waals surface area contributed by atoms with Crippen molar-refractivity contribution in [3.8, 4) is 0 Å². The molecule has 1 aromatic rings. The third-order valence-corrected chi connectivity index (χ3v) is 9.67. The molecule has 2 N–H and O–H groups in total. The lowest BCUT2D eigenvalue weighted by molar-refractivity contribution is 0.164. The second-order valence-electron chi connectivity index (χ2n) is 12.3. The first-order chi connectivity index (χ1) is 13.6. The van der Waals surface area contributed by atoms with E-state index in [2.05, 4.69) is 65.2 Å². The van der Waals surface area contributed by atoms with Gasteiger partial charge in [0, 0.05) is 23.5 Å². The molecule has 29 heavy (non-hydrogen) atoms. The van der Waals surface area contributed by atoms with Crippen LogP contribution in [0.25, 0.3) is 0 Å². The summed E-state index contributed by atoms with van der Waals surface area (Å²) in [6.07, 6.45) is 8.14. The van der Waals surface area contributed by atoms with Crippen LogP contribution in [-0.2, 0) is 10.8 Å². The van der Waals surface area contributed by atoms with Crippen molar-refractivity contribution in [1.82, 2.24) is 0 Å². The monoisotopic (exact) mass is 394 g/mol. The highest BCUT2D eigenvalue weighted by Gasteiger charge is 2.49. The molecule has 0 spiro atoms. The van der Waals surface area contributed by atoms with E-state index < -0.39 is 0 Å². The molecule has 6 unspecified atom stereocenters. The maximum absolute atomic E-state index is 4.09. The lowest BCUT2D eigenvalue weighted by atomic mass is 9.57. The molecule has 4 aliphatic rings. The summed E-state index contributed by atoms with van der Waals surface area (Å²) in [4.78, 5) is 0. The van der Waals surface area contributed by atoms with Crippen molar-refractivity contribution >= 4 is 11.4 Å². The van der Waals surface area contributed by atoms with Gasteiger partial charge in [-0.15, -0.1) is 0 Å². The van der Waals surface area contributed by atoms with E-state index in [9.17, 15) is 0 Å². The van der Waals surface area contributed by atoms with Gasteiger partial charge in [0.05, 0.1) is 0 Å². The van der Waals surface area contributed by atoms with Gasteiger partial charge in [0.15, 0.2) is 0 Å². The molecular formula is C27H42N2. The van der Waals surface area contributed by atoms with E-state index in [1.165, 1.54) is 55.5 Å². The summed E-state index contributed by atoms with van der Waals surface area (Å²) in [6.45, 7) is 17.4. The third-order valence-electron chi connectivity index (χ3n) is 9.67. The summed E-state index contributed by atoms with van der Waals surface area (Å²) in [5.41, 5.74) is 8.08. The molecule has 2 aliphatic heterocycles. The van der Waals surface area contributed by atoms with E-state index in [0.717, 1.165) is 23.7 Å². The molecule has 0 amide bonds. The summed E-state index contributed by atoms with van der Waals surface area (Å²) >= 11 is 0. The number of fused-ring (bicyclic) bond motifs is 4. The number of nitrogens with one attached hydrogen (secondary N) is 2. The molecule has 2 nitrogen and oxygen atoms in total. The first kappa shape index (κ1) is 19.8. The van der Waals surface area contributed by atoms with Gasteiger partial charge in [-0.1, -0.05) is 48.0 Å². The van der Waals surface area contributed by atoms with Crippen molar-refractivity contribution in [3.05, 3.63) is 22.8 Å². The Balaban J connectivity index is 1.64. The Morgan fingerprint density at radius 2 is 1.48 bits per heavy atom. The molecule has 160 valence electrons. The van der Waals surface area contributed by atoms with Gasteiger partial charge >= 0.3 is 0 Å². The molecule has 6 atom stereocenters. The van der Waals surface area contributed by atoms with E-state index in [4.69, 9.17) is 0 Å². The number of benzene rings is 1. The lowest BCUT2D eigenvalue weighted by Gasteiger charge is -2.54. The Morgan fingerprint density at radius 1 is 0.793 bits per heavy atom. The first-order valence-corrected chi connectivity index (χ1v) is 12.3. The molecular weight excluding hydrogens is 352 g/mol. The van der Waals surface area contributed by atoms with Crippen LogP contribution in [0, 0.1) is 30.6 Å². The van der Waals surface area contributed by atoms with Crippen LogP contribution in [0.4, 0.5) is 11.4 Å². The van der Waals surface area contributed by atoms with Crippen LogP contribution in [0.5, 0.6) is 0 Å². The van der Waals surface area contributed by atoms with E-state index in [1.54, 1.807) is 11.1 Å². The average molecular weight is 395 g/mol. The second kappa shape index (κ2) is 6.41. The number of hydrogen-bond donors (Lipinski definition) is 2. The van der Waals surface area contributed by atoms with Crippen molar-refractivity contribution in [2.24, 2.45) is 23.7 Å². The van der Waals surface area contributed by atoms with Crippen molar-refractivity contribution in [1.29, 1.82) is 0 Å². The molecule has 2 saturated carbocycles. The van der Waals surface area contributed by atoms with Gasteiger partial charge in [0.1, 0.15) is 0 Å². The van der Waals surface area contributed by atoms with Crippen LogP contribution in [0.2, 0.25) is 0 Å². The molecule has 2 heterocycles. The van der Waals surface area contributed by atoms with Gasteiger partial charge in [-0.25, -0.2) is 0 Å². The summed E-state index contributed by atoms with van der Waals surface area (Å²) in [5.74, 6) is 3.21. The Morgan fingerprint density at radius 3 is 2.24 bits per heavy atom. The Kier molecular flexibility index (Phi) is 4.37. The third kappa shape index (κ3) is 2.80. The fraction of sp³-hybridized carbons (Fsp3) is 0.778. The zero-order valence-electron chi connectivity index (χ0n) is 19.8. The maximum atomic E-state index is 4.09. The molecule has 2 aliphatic carbocycles. The van der Waals surface area contributed by atoms with Crippen molar-refractivity contribution < 1.29 is 0 Å². The molecule has 2 fully saturated rings. The van der Waals surface area contributed by atoms with E-state index in [0.29, 0.717) is 12.1 Å². The summed E-state index contributed by atoms with van der Waals surface area (Å²) in [6, 6.07) is 3.85. The second-order valence-corrected chi connectivity index (χ2v) is 12.3. The molecule has 5 rings (SSSR count). The zero-order chi connectivity index (χ0) is 20.7. The largest absolute Gasteiger partial charge is 0.382 e. The van der Waals surface area contributed by atoms with E-state index in [-0.39, 0.29) is 10.8 Å². The highest BCUT2D eigenvalue weighted by Crippen LogP contribution is 2.56. The van der Waals surface area contributed by atoms with Crippen LogP contribution in [0.15, 0.2) is 6.07 Å². The predicted octanol–water partition coefficient (Wildman–Crippen LogP) is 7.01. The minimum Gasteiger partial charge on any atom is -0.382 e. The van der Waals surface area contributed by atoms with Crippen molar-refractivity contribution in [2.45, 2.75) is 110 Å².